The van der Waals surface area contributed by atoms with Crippen molar-refractivity contribution in [1.82, 2.24) is 15.3 Å². The molecule has 0 bridgehead atoms. The predicted molar refractivity (Wildman–Crippen MR) is 62.5 cm³/mol. The van der Waals surface area contributed by atoms with Gasteiger partial charge in [-0.25, -0.2) is 4.98 Å². The molecular formula is C12H16N4O. The maximum absolute atomic E-state index is 8.69. The van der Waals surface area contributed by atoms with E-state index in [4.69, 9.17) is 10.00 Å². The third kappa shape index (κ3) is 3.68. The zero-order valence-corrected chi connectivity index (χ0v) is 9.72. The standard InChI is InChI=1S/C12H16N4O/c13-8-11-3-6-15-12(16-11)17-7-4-10-2-1-5-14-9-10/h3,6,10,14H,1-2,4-5,7,9H2. The molecule has 1 N–H and O–H groups in total. The summed E-state index contributed by atoms with van der Waals surface area (Å²) in [4.78, 5) is 7.93. The minimum atomic E-state index is 0.299. The molecule has 1 aliphatic heterocycles. The molecule has 5 nitrogen and oxygen atoms in total. The van der Waals surface area contributed by atoms with Gasteiger partial charge in [0.15, 0.2) is 0 Å². The highest BCUT2D eigenvalue weighted by Crippen LogP contribution is 2.14. The fourth-order valence-corrected chi connectivity index (χ4v) is 1.96. The van der Waals surface area contributed by atoms with Crippen molar-refractivity contribution in [2.75, 3.05) is 19.7 Å². The van der Waals surface area contributed by atoms with Gasteiger partial charge in [0.1, 0.15) is 11.8 Å². The molecule has 1 fully saturated rings. The van der Waals surface area contributed by atoms with Crippen molar-refractivity contribution in [2.45, 2.75) is 19.3 Å². The molecule has 0 aliphatic carbocycles. The Bertz CT molecular complexity index is 396. The van der Waals surface area contributed by atoms with Crippen LogP contribution in [0.2, 0.25) is 0 Å². The molecule has 90 valence electrons. The number of piperidine rings is 1. The number of rotatable bonds is 4. The second-order valence-corrected chi connectivity index (χ2v) is 4.19. The molecule has 0 saturated carbocycles. The summed E-state index contributed by atoms with van der Waals surface area (Å²) >= 11 is 0. The fourth-order valence-electron chi connectivity index (χ4n) is 1.96. The van der Waals surface area contributed by atoms with Crippen LogP contribution in [0, 0.1) is 17.2 Å². The first-order chi connectivity index (χ1) is 8.38. The van der Waals surface area contributed by atoms with Crippen LogP contribution >= 0.6 is 0 Å². The first kappa shape index (κ1) is 11.8. The molecule has 0 aromatic carbocycles. The van der Waals surface area contributed by atoms with E-state index in [0.717, 1.165) is 19.5 Å². The maximum atomic E-state index is 8.69. The summed E-state index contributed by atoms with van der Waals surface area (Å²) in [6.07, 6.45) is 5.05. The fraction of sp³-hybridized carbons (Fsp3) is 0.583. The van der Waals surface area contributed by atoms with Crippen LogP contribution in [0.1, 0.15) is 25.0 Å². The number of hydrogen-bond donors (Lipinski definition) is 1. The third-order valence-electron chi connectivity index (χ3n) is 2.90. The van der Waals surface area contributed by atoms with Gasteiger partial charge in [0.05, 0.1) is 6.61 Å². The van der Waals surface area contributed by atoms with Crippen molar-refractivity contribution in [3.8, 4) is 12.1 Å². The molecule has 0 spiro atoms. The van der Waals surface area contributed by atoms with Crippen LogP contribution < -0.4 is 10.1 Å². The van der Waals surface area contributed by atoms with Gasteiger partial charge in [-0.3, -0.25) is 0 Å². The molecule has 2 rings (SSSR count). The molecule has 1 aliphatic rings. The highest BCUT2D eigenvalue weighted by molar-refractivity contribution is 5.19. The maximum Gasteiger partial charge on any atom is 0.317 e. The van der Waals surface area contributed by atoms with Crippen LogP contribution in [-0.2, 0) is 0 Å². The smallest absolute Gasteiger partial charge is 0.317 e. The number of nitrogens with one attached hydrogen (secondary N) is 1. The first-order valence-corrected chi connectivity index (χ1v) is 5.95. The van der Waals surface area contributed by atoms with Crippen LogP contribution in [0.25, 0.3) is 0 Å². The molecule has 0 radical (unpaired) electrons. The Kier molecular flexibility index (Phi) is 4.28. The van der Waals surface area contributed by atoms with Crippen molar-refractivity contribution in [3.63, 3.8) is 0 Å². The molecular weight excluding hydrogens is 216 g/mol. The average molecular weight is 232 g/mol. The quantitative estimate of drug-likeness (QED) is 0.842. The van der Waals surface area contributed by atoms with Crippen LogP contribution in [-0.4, -0.2) is 29.7 Å². The summed E-state index contributed by atoms with van der Waals surface area (Å²) in [5.41, 5.74) is 0.342. The van der Waals surface area contributed by atoms with E-state index in [9.17, 15) is 0 Å². The van der Waals surface area contributed by atoms with Gasteiger partial charge in [-0.05, 0) is 44.3 Å². The summed E-state index contributed by atoms with van der Waals surface area (Å²) in [6, 6.07) is 3.83. The van der Waals surface area contributed by atoms with Gasteiger partial charge in [-0.2, -0.15) is 10.2 Å². The van der Waals surface area contributed by atoms with Crippen molar-refractivity contribution in [3.05, 3.63) is 18.0 Å². The van der Waals surface area contributed by atoms with Gasteiger partial charge in [0, 0.05) is 6.20 Å². The van der Waals surface area contributed by atoms with Gasteiger partial charge < -0.3 is 10.1 Å². The lowest BCUT2D eigenvalue weighted by molar-refractivity contribution is 0.239. The number of ether oxygens (including phenoxy) is 1. The van der Waals surface area contributed by atoms with E-state index in [2.05, 4.69) is 15.3 Å². The summed E-state index contributed by atoms with van der Waals surface area (Å²) in [7, 11) is 0. The molecule has 2 heterocycles. The van der Waals surface area contributed by atoms with Gasteiger partial charge in [0.2, 0.25) is 0 Å². The summed E-state index contributed by atoms with van der Waals surface area (Å²) in [6.45, 7) is 2.81. The second-order valence-electron chi connectivity index (χ2n) is 4.19. The summed E-state index contributed by atoms with van der Waals surface area (Å²) in [5.74, 6) is 0.683. The monoisotopic (exact) mass is 232 g/mol. The average Bonchev–Trinajstić information content (AvgIpc) is 2.40. The van der Waals surface area contributed by atoms with Gasteiger partial charge >= 0.3 is 6.01 Å². The Morgan fingerprint density at radius 3 is 3.29 bits per heavy atom. The second kappa shape index (κ2) is 6.16. The largest absolute Gasteiger partial charge is 0.463 e. The van der Waals surface area contributed by atoms with Gasteiger partial charge in [-0.15, -0.1) is 0 Å². The molecule has 1 saturated heterocycles. The van der Waals surface area contributed by atoms with E-state index in [-0.39, 0.29) is 0 Å². The van der Waals surface area contributed by atoms with E-state index >= 15 is 0 Å². The molecule has 1 atom stereocenters. The zero-order chi connectivity index (χ0) is 11.9. The Balaban J connectivity index is 1.75. The molecule has 1 aromatic rings. The van der Waals surface area contributed by atoms with Crippen molar-refractivity contribution < 1.29 is 4.74 Å². The number of hydrogen-bond acceptors (Lipinski definition) is 5. The minimum Gasteiger partial charge on any atom is -0.463 e. The lowest BCUT2D eigenvalue weighted by Crippen LogP contribution is -2.30. The lowest BCUT2D eigenvalue weighted by atomic mass is 9.97. The molecule has 1 unspecified atom stereocenters. The van der Waals surface area contributed by atoms with Gasteiger partial charge in [0.25, 0.3) is 0 Å². The van der Waals surface area contributed by atoms with Crippen LogP contribution in [0.5, 0.6) is 6.01 Å². The number of aromatic nitrogens is 2. The van der Waals surface area contributed by atoms with E-state index in [1.807, 2.05) is 6.07 Å². The van der Waals surface area contributed by atoms with Crippen LogP contribution in [0.15, 0.2) is 12.3 Å². The molecule has 5 heteroatoms. The van der Waals surface area contributed by atoms with Crippen molar-refractivity contribution >= 4 is 0 Å². The van der Waals surface area contributed by atoms with Crippen molar-refractivity contribution in [2.24, 2.45) is 5.92 Å². The predicted octanol–water partition coefficient (Wildman–Crippen LogP) is 1.12. The SMILES string of the molecule is N#Cc1ccnc(OCCC2CCCNC2)n1. The Morgan fingerprint density at radius 1 is 1.59 bits per heavy atom. The summed E-state index contributed by atoms with van der Waals surface area (Å²) in [5, 5.41) is 12.1. The van der Waals surface area contributed by atoms with E-state index in [0.29, 0.717) is 24.2 Å². The van der Waals surface area contributed by atoms with E-state index in [1.165, 1.54) is 12.8 Å². The van der Waals surface area contributed by atoms with Crippen LogP contribution in [0.3, 0.4) is 0 Å². The first-order valence-electron chi connectivity index (χ1n) is 5.95. The third-order valence-corrected chi connectivity index (χ3v) is 2.90. The lowest BCUT2D eigenvalue weighted by Gasteiger charge is -2.22. The topological polar surface area (TPSA) is 70.8 Å². The normalized spacial score (nSPS) is 19.6. The van der Waals surface area contributed by atoms with Crippen molar-refractivity contribution in [1.29, 1.82) is 5.26 Å². The zero-order valence-electron chi connectivity index (χ0n) is 9.72. The minimum absolute atomic E-state index is 0.299. The van der Waals surface area contributed by atoms with E-state index < -0.39 is 0 Å². The summed E-state index contributed by atoms with van der Waals surface area (Å²) < 4.78 is 5.45. The Hall–Kier alpha value is -1.67. The molecule has 17 heavy (non-hydrogen) atoms. The Labute approximate surface area is 101 Å². The van der Waals surface area contributed by atoms with Gasteiger partial charge in [-0.1, -0.05) is 0 Å². The number of nitrogens with zero attached hydrogens (tertiary/aromatic N) is 3. The highest BCUT2D eigenvalue weighted by atomic mass is 16.5. The highest BCUT2D eigenvalue weighted by Gasteiger charge is 2.12. The molecule has 1 aromatic heterocycles. The Morgan fingerprint density at radius 2 is 2.53 bits per heavy atom. The molecule has 0 amide bonds. The van der Waals surface area contributed by atoms with Crippen LogP contribution in [0.4, 0.5) is 0 Å². The van der Waals surface area contributed by atoms with E-state index in [1.54, 1.807) is 12.3 Å². The number of nitriles is 1.